The van der Waals surface area contributed by atoms with Gasteiger partial charge < -0.3 is 15.6 Å². The van der Waals surface area contributed by atoms with Crippen LogP contribution in [-0.2, 0) is 0 Å². The lowest BCUT2D eigenvalue weighted by atomic mass is 10.3. The number of nitrogens with one attached hydrogen (secondary N) is 2. The van der Waals surface area contributed by atoms with E-state index < -0.39 is 6.03 Å². The van der Waals surface area contributed by atoms with Crippen molar-refractivity contribution in [1.29, 1.82) is 0 Å². The number of carbonyl (C=O) groups is 1. The van der Waals surface area contributed by atoms with E-state index in [9.17, 15) is 4.79 Å². The molecule has 18 heavy (non-hydrogen) atoms. The molecule has 0 saturated heterocycles. The SMILES string of the molecule is Cc1cc(NC(=O)Nc2ccc(N)cc2Cl)no1. The summed E-state index contributed by atoms with van der Waals surface area (Å²) in [6.07, 6.45) is 0. The van der Waals surface area contributed by atoms with Gasteiger partial charge in [0, 0.05) is 11.8 Å². The van der Waals surface area contributed by atoms with Crippen molar-refractivity contribution in [2.45, 2.75) is 6.92 Å². The van der Waals surface area contributed by atoms with E-state index in [1.165, 1.54) is 0 Å². The van der Waals surface area contributed by atoms with Crippen LogP contribution in [0.4, 0.5) is 22.0 Å². The second kappa shape index (κ2) is 4.97. The van der Waals surface area contributed by atoms with Gasteiger partial charge in [-0.3, -0.25) is 5.32 Å². The number of nitrogens with zero attached hydrogens (tertiary/aromatic N) is 1. The second-order valence-electron chi connectivity index (χ2n) is 3.64. The molecule has 0 atom stereocenters. The molecule has 2 rings (SSSR count). The summed E-state index contributed by atoms with van der Waals surface area (Å²) < 4.78 is 4.82. The lowest BCUT2D eigenvalue weighted by Crippen LogP contribution is -2.19. The van der Waals surface area contributed by atoms with E-state index in [-0.39, 0.29) is 0 Å². The third-order valence-electron chi connectivity index (χ3n) is 2.11. The van der Waals surface area contributed by atoms with Crippen LogP contribution in [0.25, 0.3) is 0 Å². The highest BCUT2D eigenvalue weighted by atomic mass is 35.5. The second-order valence-corrected chi connectivity index (χ2v) is 4.05. The Morgan fingerprint density at radius 1 is 1.39 bits per heavy atom. The first-order valence-electron chi connectivity index (χ1n) is 5.11. The molecule has 0 aliphatic heterocycles. The number of nitrogen functional groups attached to an aromatic ring is 1. The maximum atomic E-state index is 11.6. The Labute approximate surface area is 108 Å². The highest BCUT2D eigenvalue weighted by molar-refractivity contribution is 6.34. The molecular weight excluding hydrogens is 256 g/mol. The van der Waals surface area contributed by atoms with Crippen molar-refractivity contribution < 1.29 is 9.32 Å². The van der Waals surface area contributed by atoms with Crippen LogP contribution in [0.15, 0.2) is 28.8 Å². The van der Waals surface area contributed by atoms with Crippen LogP contribution in [0, 0.1) is 6.92 Å². The number of nitrogens with two attached hydrogens (primary N) is 1. The Morgan fingerprint density at radius 3 is 2.78 bits per heavy atom. The third-order valence-corrected chi connectivity index (χ3v) is 2.42. The normalized spacial score (nSPS) is 10.1. The van der Waals surface area contributed by atoms with Crippen molar-refractivity contribution in [3.05, 3.63) is 35.0 Å². The van der Waals surface area contributed by atoms with E-state index in [2.05, 4.69) is 15.8 Å². The highest BCUT2D eigenvalue weighted by Gasteiger charge is 2.08. The number of urea groups is 1. The fourth-order valence-electron chi connectivity index (χ4n) is 1.33. The third kappa shape index (κ3) is 2.92. The monoisotopic (exact) mass is 266 g/mol. The van der Waals surface area contributed by atoms with E-state index in [4.69, 9.17) is 21.9 Å². The lowest BCUT2D eigenvalue weighted by molar-refractivity contribution is 0.262. The zero-order chi connectivity index (χ0) is 13.1. The van der Waals surface area contributed by atoms with E-state index in [1.54, 1.807) is 31.2 Å². The van der Waals surface area contributed by atoms with E-state index >= 15 is 0 Å². The van der Waals surface area contributed by atoms with Crippen LogP contribution < -0.4 is 16.4 Å². The first kappa shape index (κ1) is 12.3. The van der Waals surface area contributed by atoms with Gasteiger partial charge in [0.1, 0.15) is 5.76 Å². The Kier molecular flexibility index (Phi) is 3.38. The van der Waals surface area contributed by atoms with Crippen LogP contribution in [0.1, 0.15) is 5.76 Å². The minimum absolute atomic E-state index is 0.330. The van der Waals surface area contributed by atoms with Crippen LogP contribution in [0.5, 0.6) is 0 Å². The molecule has 4 N–H and O–H groups in total. The Balaban J connectivity index is 2.03. The van der Waals surface area contributed by atoms with Crippen molar-refractivity contribution in [2.24, 2.45) is 0 Å². The van der Waals surface area contributed by atoms with Crippen molar-refractivity contribution >= 4 is 34.8 Å². The van der Waals surface area contributed by atoms with Gasteiger partial charge in [-0.25, -0.2) is 4.79 Å². The number of carbonyl (C=O) groups excluding carboxylic acids is 1. The maximum Gasteiger partial charge on any atom is 0.324 e. The minimum Gasteiger partial charge on any atom is -0.399 e. The average Bonchev–Trinajstić information content (AvgIpc) is 2.68. The summed E-state index contributed by atoms with van der Waals surface area (Å²) in [5, 5.41) is 9.08. The number of halogens is 1. The molecule has 0 saturated carbocycles. The van der Waals surface area contributed by atoms with Crippen molar-refractivity contribution in [3.63, 3.8) is 0 Å². The summed E-state index contributed by atoms with van der Waals surface area (Å²) in [6, 6.07) is 5.95. The molecule has 0 spiro atoms. The maximum absolute atomic E-state index is 11.6. The molecule has 2 aromatic rings. The number of hydrogen-bond donors (Lipinski definition) is 3. The molecule has 6 nitrogen and oxygen atoms in total. The molecule has 2 amide bonds. The summed E-state index contributed by atoms with van der Waals surface area (Å²) >= 11 is 5.92. The van der Waals surface area contributed by atoms with Crippen molar-refractivity contribution in [3.8, 4) is 0 Å². The molecular formula is C11H11ClN4O2. The smallest absolute Gasteiger partial charge is 0.324 e. The number of amides is 2. The van der Waals surface area contributed by atoms with Crippen LogP contribution in [0.2, 0.25) is 5.02 Å². The summed E-state index contributed by atoms with van der Waals surface area (Å²) in [6.45, 7) is 1.73. The molecule has 7 heteroatoms. The Morgan fingerprint density at radius 2 is 2.17 bits per heavy atom. The molecule has 0 unspecified atom stereocenters. The highest BCUT2D eigenvalue weighted by Crippen LogP contribution is 2.24. The summed E-state index contributed by atoms with van der Waals surface area (Å²) in [7, 11) is 0. The lowest BCUT2D eigenvalue weighted by Gasteiger charge is -2.07. The van der Waals surface area contributed by atoms with Crippen LogP contribution >= 0.6 is 11.6 Å². The molecule has 0 aliphatic carbocycles. The van der Waals surface area contributed by atoms with Gasteiger partial charge in [0.05, 0.1) is 10.7 Å². The molecule has 0 bridgehead atoms. The van der Waals surface area contributed by atoms with Gasteiger partial charge in [-0.05, 0) is 25.1 Å². The van der Waals surface area contributed by atoms with E-state index in [1.807, 2.05) is 0 Å². The predicted molar refractivity (Wildman–Crippen MR) is 69.7 cm³/mol. The van der Waals surface area contributed by atoms with Gasteiger partial charge in [-0.15, -0.1) is 0 Å². The van der Waals surface area contributed by atoms with Gasteiger partial charge in [-0.1, -0.05) is 16.8 Å². The minimum atomic E-state index is -0.463. The number of aromatic nitrogens is 1. The average molecular weight is 267 g/mol. The van der Waals surface area contributed by atoms with E-state index in [0.717, 1.165) is 0 Å². The molecule has 0 radical (unpaired) electrons. The van der Waals surface area contributed by atoms with Crippen LogP contribution in [-0.4, -0.2) is 11.2 Å². The topological polar surface area (TPSA) is 93.2 Å². The number of hydrogen-bond acceptors (Lipinski definition) is 4. The van der Waals surface area contributed by atoms with Gasteiger partial charge in [0.25, 0.3) is 0 Å². The largest absolute Gasteiger partial charge is 0.399 e. The molecule has 94 valence electrons. The zero-order valence-electron chi connectivity index (χ0n) is 9.53. The Bertz CT molecular complexity index is 582. The summed E-state index contributed by atoms with van der Waals surface area (Å²) in [5.41, 5.74) is 6.54. The number of anilines is 3. The fourth-order valence-corrected chi connectivity index (χ4v) is 1.56. The molecule has 1 aromatic carbocycles. The molecule has 0 fully saturated rings. The van der Waals surface area contributed by atoms with Crippen molar-refractivity contribution in [1.82, 2.24) is 5.16 Å². The van der Waals surface area contributed by atoms with Gasteiger partial charge in [0.2, 0.25) is 0 Å². The Hall–Kier alpha value is -2.21. The quantitative estimate of drug-likeness (QED) is 0.729. The molecule has 0 aliphatic rings. The predicted octanol–water partition coefficient (Wildman–Crippen LogP) is 2.86. The van der Waals surface area contributed by atoms with Crippen LogP contribution in [0.3, 0.4) is 0 Å². The number of benzene rings is 1. The summed E-state index contributed by atoms with van der Waals surface area (Å²) in [4.78, 5) is 11.6. The first-order valence-corrected chi connectivity index (χ1v) is 5.49. The van der Waals surface area contributed by atoms with Gasteiger partial charge in [0.15, 0.2) is 5.82 Å². The van der Waals surface area contributed by atoms with Gasteiger partial charge >= 0.3 is 6.03 Å². The standard InChI is InChI=1S/C11H11ClN4O2/c1-6-4-10(16-18-6)15-11(17)14-9-3-2-7(13)5-8(9)12/h2-5H,13H2,1H3,(H2,14,15,16,17). The fraction of sp³-hybridized carbons (Fsp3) is 0.0909. The van der Waals surface area contributed by atoms with E-state index in [0.29, 0.717) is 28.0 Å². The van der Waals surface area contributed by atoms with Crippen molar-refractivity contribution in [2.75, 3.05) is 16.4 Å². The number of rotatable bonds is 2. The van der Waals surface area contributed by atoms with Gasteiger partial charge in [-0.2, -0.15) is 0 Å². The number of aryl methyl sites for hydroxylation is 1. The molecule has 1 aromatic heterocycles. The zero-order valence-corrected chi connectivity index (χ0v) is 10.3. The first-order chi connectivity index (χ1) is 8.54. The molecule has 1 heterocycles. The summed E-state index contributed by atoms with van der Waals surface area (Å²) in [5.74, 6) is 0.937.